The van der Waals surface area contributed by atoms with E-state index in [1.807, 2.05) is 53.7 Å². The summed E-state index contributed by atoms with van der Waals surface area (Å²) in [5.41, 5.74) is 2.41. The molecule has 21 heavy (non-hydrogen) atoms. The van der Waals surface area contributed by atoms with Crippen molar-refractivity contribution in [1.29, 1.82) is 0 Å². The Morgan fingerprint density at radius 3 is 2.29 bits per heavy atom. The van der Waals surface area contributed by atoms with Crippen LogP contribution in [0.25, 0.3) is 0 Å². The molecule has 0 aliphatic rings. The van der Waals surface area contributed by atoms with E-state index >= 15 is 0 Å². The van der Waals surface area contributed by atoms with Gasteiger partial charge in [-0.05, 0) is 55.0 Å². The second kappa shape index (κ2) is 6.83. The van der Waals surface area contributed by atoms with Gasteiger partial charge in [0.2, 0.25) is 0 Å². The van der Waals surface area contributed by atoms with Crippen LogP contribution in [0, 0.1) is 6.92 Å². The Labute approximate surface area is 127 Å². The molecule has 0 bridgehead atoms. The van der Waals surface area contributed by atoms with E-state index in [-0.39, 0.29) is 18.1 Å². The number of carbonyl (C=O) groups is 1. The van der Waals surface area contributed by atoms with Gasteiger partial charge in [-0.2, -0.15) is 0 Å². The van der Waals surface area contributed by atoms with Crippen LogP contribution in [0.3, 0.4) is 0 Å². The van der Waals surface area contributed by atoms with Crippen molar-refractivity contribution in [3.05, 3.63) is 28.8 Å². The summed E-state index contributed by atoms with van der Waals surface area (Å²) in [4.78, 5) is 13.5. The zero-order valence-corrected chi connectivity index (χ0v) is 14.0. The lowest BCUT2D eigenvalue weighted by Gasteiger charge is -2.23. The fourth-order valence-electron chi connectivity index (χ4n) is 2.23. The highest BCUT2D eigenvalue weighted by molar-refractivity contribution is 5.67. The summed E-state index contributed by atoms with van der Waals surface area (Å²) >= 11 is 0. The molecule has 1 amide bonds. The molecular formula is C17H27NO3. The molecule has 0 aromatic heterocycles. The average Bonchev–Trinajstić information content (AvgIpc) is 2.40. The summed E-state index contributed by atoms with van der Waals surface area (Å²) in [7, 11) is 0. The fourth-order valence-corrected chi connectivity index (χ4v) is 2.23. The van der Waals surface area contributed by atoms with E-state index < -0.39 is 0 Å². The van der Waals surface area contributed by atoms with Gasteiger partial charge in [-0.3, -0.25) is 0 Å². The summed E-state index contributed by atoms with van der Waals surface area (Å²) in [6.07, 6.45) is -0.303. The zero-order chi connectivity index (χ0) is 16.2. The van der Waals surface area contributed by atoms with E-state index in [2.05, 4.69) is 0 Å². The molecule has 0 aliphatic heterocycles. The average molecular weight is 293 g/mol. The maximum atomic E-state index is 11.9. The number of amides is 1. The van der Waals surface area contributed by atoms with Crippen molar-refractivity contribution in [3.63, 3.8) is 0 Å². The SMILES string of the molecule is CCN(CC)C(=O)OCc1cc(C)c(O)c(C(C)(C)C)c1. The highest BCUT2D eigenvalue weighted by atomic mass is 16.6. The first kappa shape index (κ1) is 17.3. The molecule has 0 spiro atoms. The van der Waals surface area contributed by atoms with E-state index in [1.54, 1.807) is 4.90 Å². The zero-order valence-electron chi connectivity index (χ0n) is 14.0. The van der Waals surface area contributed by atoms with Crippen LogP contribution >= 0.6 is 0 Å². The normalized spacial score (nSPS) is 11.3. The Hall–Kier alpha value is -1.71. The molecule has 0 saturated heterocycles. The minimum atomic E-state index is -0.303. The third-order valence-corrected chi connectivity index (χ3v) is 3.55. The number of phenolic OH excluding ortho intramolecular Hbond substituents is 1. The Bertz CT molecular complexity index is 499. The number of rotatable bonds is 4. The maximum absolute atomic E-state index is 11.9. The van der Waals surface area contributed by atoms with Crippen molar-refractivity contribution in [1.82, 2.24) is 4.90 Å². The summed E-state index contributed by atoms with van der Waals surface area (Å²) in [6, 6.07) is 3.78. The van der Waals surface area contributed by atoms with Gasteiger partial charge < -0.3 is 14.7 Å². The van der Waals surface area contributed by atoms with Gasteiger partial charge in [-0.15, -0.1) is 0 Å². The monoisotopic (exact) mass is 293 g/mol. The molecule has 0 saturated carbocycles. The smallest absolute Gasteiger partial charge is 0.410 e. The number of hydrogen-bond acceptors (Lipinski definition) is 3. The third kappa shape index (κ3) is 4.38. The molecule has 1 aromatic rings. The Morgan fingerprint density at radius 1 is 1.24 bits per heavy atom. The first-order valence-corrected chi connectivity index (χ1v) is 7.45. The van der Waals surface area contributed by atoms with Crippen molar-refractivity contribution in [2.45, 2.75) is 53.6 Å². The molecular weight excluding hydrogens is 266 g/mol. The molecule has 0 fully saturated rings. The Balaban J connectivity index is 2.91. The predicted molar refractivity (Wildman–Crippen MR) is 84.6 cm³/mol. The van der Waals surface area contributed by atoms with Crippen LogP contribution in [0.5, 0.6) is 5.75 Å². The Kier molecular flexibility index (Phi) is 5.64. The van der Waals surface area contributed by atoms with Crippen LogP contribution in [0.15, 0.2) is 12.1 Å². The Morgan fingerprint density at radius 2 is 1.81 bits per heavy atom. The minimum Gasteiger partial charge on any atom is -0.507 e. The molecule has 118 valence electrons. The first-order chi connectivity index (χ1) is 9.70. The van der Waals surface area contributed by atoms with Gasteiger partial charge in [-0.1, -0.05) is 20.8 Å². The van der Waals surface area contributed by atoms with Gasteiger partial charge in [0.15, 0.2) is 0 Å². The van der Waals surface area contributed by atoms with Crippen molar-refractivity contribution >= 4 is 6.09 Å². The topological polar surface area (TPSA) is 49.8 Å². The third-order valence-electron chi connectivity index (χ3n) is 3.55. The summed E-state index contributed by atoms with van der Waals surface area (Å²) in [5, 5.41) is 10.2. The lowest BCUT2D eigenvalue weighted by molar-refractivity contribution is 0.0998. The van der Waals surface area contributed by atoms with Gasteiger partial charge in [0.05, 0.1) is 0 Å². The van der Waals surface area contributed by atoms with E-state index in [0.29, 0.717) is 18.8 Å². The number of aryl methyl sites for hydroxylation is 1. The van der Waals surface area contributed by atoms with Gasteiger partial charge in [0.25, 0.3) is 0 Å². The molecule has 1 N–H and O–H groups in total. The molecule has 0 unspecified atom stereocenters. The van der Waals surface area contributed by atoms with Crippen LogP contribution in [0.1, 0.15) is 51.3 Å². The molecule has 0 aliphatic carbocycles. The summed E-state index contributed by atoms with van der Waals surface area (Å²) in [6.45, 7) is 13.3. The van der Waals surface area contributed by atoms with E-state index in [9.17, 15) is 9.90 Å². The van der Waals surface area contributed by atoms with Gasteiger partial charge in [-0.25, -0.2) is 4.79 Å². The number of aromatic hydroxyl groups is 1. The predicted octanol–water partition coefficient (Wildman–Crippen LogP) is 3.98. The minimum absolute atomic E-state index is 0.159. The number of hydrogen-bond donors (Lipinski definition) is 1. The molecule has 0 radical (unpaired) electrons. The van der Waals surface area contributed by atoms with Crippen LogP contribution in [0.4, 0.5) is 4.79 Å². The lowest BCUT2D eigenvalue weighted by atomic mass is 9.84. The second-order valence-electron chi connectivity index (χ2n) is 6.29. The second-order valence-corrected chi connectivity index (χ2v) is 6.29. The number of ether oxygens (including phenoxy) is 1. The van der Waals surface area contributed by atoms with Crippen molar-refractivity contribution in [2.75, 3.05) is 13.1 Å². The number of carbonyl (C=O) groups excluding carboxylic acids is 1. The van der Waals surface area contributed by atoms with Crippen LogP contribution < -0.4 is 0 Å². The summed E-state index contributed by atoms with van der Waals surface area (Å²) in [5.74, 6) is 0.321. The molecule has 4 heteroatoms. The quantitative estimate of drug-likeness (QED) is 0.913. The number of benzene rings is 1. The molecule has 1 rings (SSSR count). The summed E-state index contributed by atoms with van der Waals surface area (Å²) < 4.78 is 5.34. The lowest BCUT2D eigenvalue weighted by Crippen LogP contribution is -2.30. The van der Waals surface area contributed by atoms with E-state index in [0.717, 1.165) is 16.7 Å². The molecule has 0 atom stereocenters. The largest absolute Gasteiger partial charge is 0.507 e. The molecule has 4 nitrogen and oxygen atoms in total. The van der Waals surface area contributed by atoms with Crippen LogP contribution in [-0.4, -0.2) is 29.2 Å². The van der Waals surface area contributed by atoms with Gasteiger partial charge >= 0.3 is 6.09 Å². The van der Waals surface area contributed by atoms with Crippen molar-refractivity contribution < 1.29 is 14.6 Å². The van der Waals surface area contributed by atoms with Crippen molar-refractivity contribution in [2.24, 2.45) is 0 Å². The van der Waals surface area contributed by atoms with Gasteiger partial charge in [0.1, 0.15) is 12.4 Å². The standard InChI is InChI=1S/C17H27NO3/c1-7-18(8-2)16(20)21-11-13-9-12(3)15(19)14(10-13)17(4,5)6/h9-10,19H,7-8,11H2,1-6H3. The highest BCUT2D eigenvalue weighted by Crippen LogP contribution is 2.34. The highest BCUT2D eigenvalue weighted by Gasteiger charge is 2.20. The molecule has 1 aromatic carbocycles. The van der Waals surface area contributed by atoms with Crippen LogP contribution in [-0.2, 0) is 16.8 Å². The number of phenols is 1. The maximum Gasteiger partial charge on any atom is 0.410 e. The number of nitrogens with zero attached hydrogens (tertiary/aromatic N) is 1. The fraction of sp³-hybridized carbons (Fsp3) is 0.588. The van der Waals surface area contributed by atoms with Gasteiger partial charge in [0, 0.05) is 13.1 Å². The molecule has 0 heterocycles. The van der Waals surface area contributed by atoms with Crippen molar-refractivity contribution in [3.8, 4) is 5.75 Å². The van der Waals surface area contributed by atoms with Crippen LogP contribution in [0.2, 0.25) is 0 Å². The first-order valence-electron chi connectivity index (χ1n) is 7.45. The van der Waals surface area contributed by atoms with E-state index in [4.69, 9.17) is 4.74 Å². The van der Waals surface area contributed by atoms with E-state index in [1.165, 1.54) is 0 Å².